The predicted octanol–water partition coefficient (Wildman–Crippen LogP) is 2.71. The molecule has 4 rings (SSSR count). The van der Waals surface area contributed by atoms with E-state index in [2.05, 4.69) is 4.98 Å². The van der Waals surface area contributed by atoms with E-state index in [0.29, 0.717) is 29.0 Å². The zero-order chi connectivity index (χ0) is 23.6. The van der Waals surface area contributed by atoms with Crippen LogP contribution in [0.3, 0.4) is 0 Å². The Hall–Kier alpha value is -2.72. The fraction of sp³-hybridized carbons (Fsp3) is 0.348. The lowest BCUT2D eigenvalue weighted by atomic mass is 10.2. The molecule has 7 nitrogen and oxygen atoms in total. The van der Waals surface area contributed by atoms with Gasteiger partial charge in [-0.3, -0.25) is 14.2 Å². The van der Waals surface area contributed by atoms with Gasteiger partial charge in [-0.1, -0.05) is 36.0 Å². The Morgan fingerprint density at radius 3 is 2.61 bits per heavy atom. The van der Waals surface area contributed by atoms with Gasteiger partial charge >= 0.3 is 0 Å². The second-order valence-corrected chi connectivity index (χ2v) is 11.1. The minimum absolute atomic E-state index is 0.0131. The van der Waals surface area contributed by atoms with Crippen molar-refractivity contribution < 1.29 is 17.6 Å². The normalized spacial score (nSPS) is 17.3. The van der Waals surface area contributed by atoms with Crippen molar-refractivity contribution in [3.63, 3.8) is 0 Å². The molecular formula is C23H24FN3O4S2. The van der Waals surface area contributed by atoms with Crippen molar-refractivity contribution in [1.82, 2.24) is 14.5 Å². The van der Waals surface area contributed by atoms with Crippen LogP contribution in [0.25, 0.3) is 10.9 Å². The number of fused-ring (bicyclic) bond motifs is 1. The molecule has 0 radical (unpaired) electrons. The van der Waals surface area contributed by atoms with Crippen molar-refractivity contribution in [2.45, 2.75) is 31.1 Å². The molecule has 0 spiro atoms. The summed E-state index contributed by atoms with van der Waals surface area (Å²) in [5.74, 6) is -0.450. The average molecular weight is 490 g/mol. The number of benzene rings is 2. The maximum absolute atomic E-state index is 13.3. The monoisotopic (exact) mass is 489 g/mol. The van der Waals surface area contributed by atoms with Crippen molar-refractivity contribution in [3.8, 4) is 0 Å². The molecule has 2 heterocycles. The summed E-state index contributed by atoms with van der Waals surface area (Å²) in [6.07, 6.45) is 0.441. The lowest BCUT2D eigenvalue weighted by molar-refractivity contribution is -0.129. The maximum Gasteiger partial charge on any atom is 0.262 e. The molecule has 1 amide bonds. The van der Waals surface area contributed by atoms with E-state index < -0.39 is 9.84 Å². The maximum atomic E-state index is 13.3. The van der Waals surface area contributed by atoms with Crippen molar-refractivity contribution in [1.29, 1.82) is 0 Å². The van der Waals surface area contributed by atoms with Gasteiger partial charge < -0.3 is 4.90 Å². The number of rotatable bonds is 7. The fourth-order valence-electron chi connectivity index (χ4n) is 4.04. The van der Waals surface area contributed by atoms with Gasteiger partial charge in [-0.05, 0) is 43.2 Å². The molecule has 174 valence electrons. The number of aromatic nitrogens is 2. The number of carbonyl (C=O) groups excluding carboxylic acids is 1. The first-order valence-corrected chi connectivity index (χ1v) is 13.4. The van der Waals surface area contributed by atoms with Crippen LogP contribution < -0.4 is 5.56 Å². The van der Waals surface area contributed by atoms with Crippen LogP contribution in [0.4, 0.5) is 4.39 Å². The quantitative estimate of drug-likeness (QED) is 0.375. The molecule has 3 aromatic rings. The molecule has 10 heteroatoms. The first-order chi connectivity index (χ1) is 15.8. The second-order valence-electron chi connectivity index (χ2n) is 7.95. The molecule has 2 aromatic carbocycles. The molecule has 0 saturated carbocycles. The van der Waals surface area contributed by atoms with Crippen molar-refractivity contribution in [2.75, 3.05) is 23.8 Å². The summed E-state index contributed by atoms with van der Waals surface area (Å²) in [5, 5.41) is 0.841. The van der Waals surface area contributed by atoms with Crippen LogP contribution in [0, 0.1) is 5.82 Å². The van der Waals surface area contributed by atoms with Gasteiger partial charge in [0.15, 0.2) is 15.0 Å². The van der Waals surface area contributed by atoms with Gasteiger partial charge in [0.1, 0.15) is 5.82 Å². The number of nitrogens with zero attached hydrogens (tertiary/aromatic N) is 3. The highest BCUT2D eigenvalue weighted by Crippen LogP contribution is 2.22. The molecule has 1 aromatic heterocycles. The molecule has 1 saturated heterocycles. The van der Waals surface area contributed by atoms with E-state index in [-0.39, 0.29) is 47.1 Å². The third kappa shape index (κ3) is 5.27. The Balaban J connectivity index is 1.61. The van der Waals surface area contributed by atoms with Crippen LogP contribution in [0.1, 0.15) is 18.9 Å². The van der Waals surface area contributed by atoms with Crippen LogP contribution in [-0.4, -0.2) is 58.6 Å². The third-order valence-electron chi connectivity index (χ3n) is 5.72. The number of para-hydroxylation sites is 1. The molecule has 1 unspecified atom stereocenters. The van der Waals surface area contributed by atoms with Crippen LogP contribution in [0.15, 0.2) is 58.5 Å². The first kappa shape index (κ1) is 23.4. The summed E-state index contributed by atoms with van der Waals surface area (Å²) in [4.78, 5) is 32.4. The summed E-state index contributed by atoms with van der Waals surface area (Å²) in [7, 11) is -3.11. The lowest BCUT2D eigenvalue weighted by Gasteiger charge is -2.26. The van der Waals surface area contributed by atoms with Crippen molar-refractivity contribution in [3.05, 3.63) is 70.3 Å². The van der Waals surface area contributed by atoms with Gasteiger partial charge in [0.2, 0.25) is 5.91 Å². The number of amides is 1. The van der Waals surface area contributed by atoms with E-state index in [4.69, 9.17) is 0 Å². The molecule has 1 aliphatic rings. The predicted molar refractivity (Wildman–Crippen MR) is 127 cm³/mol. The molecule has 0 N–H and O–H groups in total. The summed E-state index contributed by atoms with van der Waals surface area (Å²) < 4.78 is 38.5. The highest BCUT2D eigenvalue weighted by Gasteiger charge is 2.33. The molecule has 1 atom stereocenters. The SMILES string of the molecule is CCN(C(=O)CSc1nc2ccccc2c(=O)n1Cc1ccc(F)cc1)C1CCS(=O)(=O)C1. The summed E-state index contributed by atoms with van der Waals surface area (Å²) in [6, 6.07) is 12.6. The fourth-order valence-corrected chi connectivity index (χ4v) is 6.65. The van der Waals surface area contributed by atoms with E-state index in [1.54, 1.807) is 41.3 Å². The van der Waals surface area contributed by atoms with E-state index >= 15 is 0 Å². The highest BCUT2D eigenvalue weighted by molar-refractivity contribution is 7.99. The van der Waals surface area contributed by atoms with Crippen LogP contribution in [-0.2, 0) is 21.2 Å². The lowest BCUT2D eigenvalue weighted by Crippen LogP contribution is -2.42. The van der Waals surface area contributed by atoms with Crippen molar-refractivity contribution in [2.24, 2.45) is 0 Å². The number of thioether (sulfide) groups is 1. The molecule has 0 aliphatic carbocycles. The number of carbonyl (C=O) groups is 1. The zero-order valence-electron chi connectivity index (χ0n) is 18.1. The van der Waals surface area contributed by atoms with Gasteiger partial charge in [-0.15, -0.1) is 0 Å². The smallest absolute Gasteiger partial charge is 0.262 e. The molecule has 0 bridgehead atoms. The highest BCUT2D eigenvalue weighted by atomic mass is 32.2. The zero-order valence-corrected chi connectivity index (χ0v) is 19.7. The standard InChI is InChI=1S/C23H24FN3O4S2/c1-2-26(18-11-12-33(30,31)15-18)21(28)14-32-23-25-20-6-4-3-5-19(20)22(29)27(23)13-16-7-9-17(24)10-8-16/h3-10,18H,2,11-15H2,1H3. The number of hydrogen-bond acceptors (Lipinski definition) is 6. The Bertz CT molecular complexity index is 1340. The van der Waals surface area contributed by atoms with Crippen LogP contribution in [0.5, 0.6) is 0 Å². The van der Waals surface area contributed by atoms with E-state index in [9.17, 15) is 22.4 Å². The van der Waals surface area contributed by atoms with Crippen molar-refractivity contribution >= 4 is 38.4 Å². The Morgan fingerprint density at radius 1 is 1.21 bits per heavy atom. The van der Waals surface area contributed by atoms with Gasteiger partial charge in [0.25, 0.3) is 5.56 Å². The summed E-state index contributed by atoms with van der Waals surface area (Å²) in [5.41, 5.74) is 1.02. The number of sulfone groups is 1. The first-order valence-electron chi connectivity index (χ1n) is 10.6. The van der Waals surface area contributed by atoms with E-state index in [1.807, 2.05) is 6.92 Å². The minimum Gasteiger partial charge on any atom is -0.338 e. The molecule has 33 heavy (non-hydrogen) atoms. The average Bonchev–Trinajstić information content (AvgIpc) is 3.15. The molecule has 1 aliphatic heterocycles. The van der Waals surface area contributed by atoms with Gasteiger partial charge in [0.05, 0.1) is 34.7 Å². The van der Waals surface area contributed by atoms with Gasteiger partial charge in [0, 0.05) is 12.6 Å². The molecule has 1 fully saturated rings. The van der Waals surface area contributed by atoms with E-state index in [0.717, 1.165) is 17.3 Å². The Kier molecular flexibility index (Phi) is 6.85. The second kappa shape index (κ2) is 9.64. The number of hydrogen-bond donors (Lipinski definition) is 0. The van der Waals surface area contributed by atoms with Crippen LogP contribution in [0.2, 0.25) is 0 Å². The minimum atomic E-state index is -3.11. The van der Waals surface area contributed by atoms with Gasteiger partial charge in [-0.2, -0.15) is 0 Å². The largest absolute Gasteiger partial charge is 0.338 e. The molecular weight excluding hydrogens is 465 g/mol. The summed E-state index contributed by atoms with van der Waals surface area (Å²) >= 11 is 1.15. The summed E-state index contributed by atoms with van der Waals surface area (Å²) in [6.45, 7) is 2.42. The number of halogens is 1. The Labute approximate surface area is 195 Å². The third-order valence-corrected chi connectivity index (χ3v) is 8.43. The van der Waals surface area contributed by atoms with Crippen LogP contribution >= 0.6 is 11.8 Å². The van der Waals surface area contributed by atoms with E-state index in [1.165, 1.54) is 16.7 Å². The topological polar surface area (TPSA) is 89.3 Å². The van der Waals surface area contributed by atoms with Gasteiger partial charge in [-0.25, -0.2) is 17.8 Å². The Morgan fingerprint density at radius 2 is 1.94 bits per heavy atom.